The molecule has 0 fully saturated rings. The van der Waals surface area contributed by atoms with Crippen molar-refractivity contribution in [1.29, 1.82) is 0 Å². The summed E-state index contributed by atoms with van der Waals surface area (Å²) in [6.07, 6.45) is 1.91. The average Bonchev–Trinajstić information content (AvgIpc) is 3.09. The Morgan fingerprint density at radius 3 is 2.69 bits per heavy atom. The van der Waals surface area contributed by atoms with Gasteiger partial charge in [0.05, 0.1) is 5.52 Å². The minimum Gasteiger partial charge on any atom is -0.324 e. The summed E-state index contributed by atoms with van der Waals surface area (Å²) in [5.41, 5.74) is 4.67. The molecule has 0 aliphatic carbocycles. The van der Waals surface area contributed by atoms with Crippen LogP contribution in [0.25, 0.3) is 10.9 Å². The Morgan fingerprint density at radius 1 is 1.14 bits per heavy atom. The molecule has 0 amide bonds. The molecule has 0 aliphatic rings. The van der Waals surface area contributed by atoms with E-state index in [1.807, 2.05) is 61.3 Å². The molecule has 8 heteroatoms. The van der Waals surface area contributed by atoms with Crippen LogP contribution in [0.5, 0.6) is 0 Å². The Labute approximate surface area is 168 Å². The van der Waals surface area contributed by atoms with Crippen LogP contribution >= 0.6 is 0 Å². The van der Waals surface area contributed by atoms with Crippen molar-refractivity contribution in [2.45, 2.75) is 20.3 Å². The number of nitrogens with zero attached hydrogens (tertiary/aromatic N) is 5. The lowest BCUT2D eigenvalue weighted by Gasteiger charge is -2.17. The highest BCUT2D eigenvalue weighted by Gasteiger charge is 2.11. The zero-order chi connectivity index (χ0) is 20.4. The SMILES string of the molecule is CC(=O)Cc1ccc(Nc2ncnc(N(C)c3ccc4c(C)[nH]nc4c3)n2)cc1. The van der Waals surface area contributed by atoms with E-state index in [-0.39, 0.29) is 5.78 Å². The van der Waals surface area contributed by atoms with Gasteiger partial charge in [0.2, 0.25) is 11.9 Å². The Morgan fingerprint density at radius 2 is 1.93 bits per heavy atom. The second-order valence-electron chi connectivity index (χ2n) is 6.92. The monoisotopic (exact) mass is 387 g/mol. The number of aromatic nitrogens is 5. The third-order valence-corrected chi connectivity index (χ3v) is 4.64. The molecule has 4 aromatic rings. The fraction of sp³-hybridized carbons (Fsp3) is 0.190. The van der Waals surface area contributed by atoms with Gasteiger partial charge in [0, 0.05) is 35.9 Å². The number of carbonyl (C=O) groups is 1. The third-order valence-electron chi connectivity index (χ3n) is 4.64. The molecule has 29 heavy (non-hydrogen) atoms. The molecule has 0 radical (unpaired) electrons. The van der Waals surface area contributed by atoms with Crippen molar-refractivity contribution in [3.8, 4) is 0 Å². The molecule has 0 spiro atoms. The van der Waals surface area contributed by atoms with Crippen molar-refractivity contribution in [2.24, 2.45) is 0 Å². The van der Waals surface area contributed by atoms with E-state index in [0.717, 1.165) is 33.5 Å². The molecule has 0 bridgehead atoms. The summed E-state index contributed by atoms with van der Waals surface area (Å²) in [4.78, 5) is 26.1. The second-order valence-corrected chi connectivity index (χ2v) is 6.92. The highest BCUT2D eigenvalue weighted by molar-refractivity contribution is 5.85. The smallest absolute Gasteiger partial charge is 0.234 e. The van der Waals surface area contributed by atoms with E-state index in [9.17, 15) is 4.79 Å². The van der Waals surface area contributed by atoms with Gasteiger partial charge in [0.1, 0.15) is 12.1 Å². The summed E-state index contributed by atoms with van der Waals surface area (Å²) in [6.45, 7) is 3.58. The van der Waals surface area contributed by atoms with Gasteiger partial charge < -0.3 is 10.2 Å². The average molecular weight is 387 g/mol. The number of rotatable bonds is 6. The summed E-state index contributed by atoms with van der Waals surface area (Å²) in [5, 5.41) is 11.6. The van der Waals surface area contributed by atoms with Gasteiger partial charge in [-0.15, -0.1) is 0 Å². The first-order valence-electron chi connectivity index (χ1n) is 9.22. The molecule has 0 unspecified atom stereocenters. The van der Waals surface area contributed by atoms with E-state index in [1.54, 1.807) is 6.92 Å². The standard InChI is InChI=1S/C21H21N7O/c1-13(29)10-15-4-6-16(7-5-15)24-20-22-12-23-21(25-20)28(3)17-8-9-18-14(2)26-27-19(18)11-17/h4-9,11-12H,10H2,1-3H3,(H,26,27)(H,22,23,24,25). The van der Waals surface area contributed by atoms with E-state index in [1.165, 1.54) is 6.33 Å². The van der Waals surface area contributed by atoms with Crippen molar-refractivity contribution in [3.63, 3.8) is 0 Å². The van der Waals surface area contributed by atoms with Crippen LogP contribution in [0, 0.1) is 6.92 Å². The number of hydrogen-bond donors (Lipinski definition) is 2. The lowest BCUT2D eigenvalue weighted by molar-refractivity contribution is -0.116. The van der Waals surface area contributed by atoms with Crippen LogP contribution in [0.4, 0.5) is 23.3 Å². The van der Waals surface area contributed by atoms with E-state index in [4.69, 9.17) is 0 Å². The summed E-state index contributed by atoms with van der Waals surface area (Å²) in [7, 11) is 1.90. The zero-order valence-corrected chi connectivity index (χ0v) is 16.5. The minimum absolute atomic E-state index is 0.138. The van der Waals surface area contributed by atoms with E-state index in [0.29, 0.717) is 18.3 Å². The topological polar surface area (TPSA) is 99.7 Å². The highest BCUT2D eigenvalue weighted by atomic mass is 16.1. The number of nitrogens with one attached hydrogen (secondary N) is 2. The number of anilines is 4. The maximum atomic E-state index is 11.2. The zero-order valence-electron chi connectivity index (χ0n) is 16.5. The van der Waals surface area contributed by atoms with Crippen molar-refractivity contribution in [2.75, 3.05) is 17.3 Å². The van der Waals surface area contributed by atoms with E-state index in [2.05, 4.69) is 30.5 Å². The normalized spacial score (nSPS) is 10.9. The van der Waals surface area contributed by atoms with E-state index >= 15 is 0 Å². The number of aromatic amines is 1. The van der Waals surface area contributed by atoms with Crippen molar-refractivity contribution in [3.05, 3.63) is 60.0 Å². The Bertz CT molecular complexity index is 1170. The van der Waals surface area contributed by atoms with Crippen molar-refractivity contribution in [1.82, 2.24) is 25.1 Å². The molecule has 2 aromatic heterocycles. The number of benzene rings is 2. The lowest BCUT2D eigenvalue weighted by atomic mass is 10.1. The first-order valence-corrected chi connectivity index (χ1v) is 9.22. The Kier molecular flexibility index (Phi) is 4.90. The number of H-pyrrole nitrogens is 1. The Hall–Kier alpha value is -3.81. The molecule has 0 aliphatic heterocycles. The summed E-state index contributed by atoms with van der Waals surface area (Å²) in [5.74, 6) is 1.10. The fourth-order valence-electron chi connectivity index (χ4n) is 3.09. The van der Waals surface area contributed by atoms with Gasteiger partial charge in [-0.1, -0.05) is 12.1 Å². The number of aryl methyl sites for hydroxylation is 1. The van der Waals surface area contributed by atoms with Crippen LogP contribution in [-0.4, -0.2) is 38.0 Å². The van der Waals surface area contributed by atoms with Crippen LogP contribution in [0.3, 0.4) is 0 Å². The number of Topliss-reactive ketones (excluding diaryl/α,β-unsaturated/α-hetero) is 1. The highest BCUT2D eigenvalue weighted by Crippen LogP contribution is 2.26. The maximum absolute atomic E-state index is 11.2. The minimum atomic E-state index is 0.138. The maximum Gasteiger partial charge on any atom is 0.234 e. The first kappa shape index (κ1) is 18.5. The molecular weight excluding hydrogens is 366 g/mol. The number of hydrogen-bond acceptors (Lipinski definition) is 7. The summed E-state index contributed by atoms with van der Waals surface area (Å²) >= 11 is 0. The predicted molar refractivity (Wildman–Crippen MR) is 113 cm³/mol. The molecule has 0 atom stereocenters. The van der Waals surface area contributed by atoms with Crippen LogP contribution < -0.4 is 10.2 Å². The molecule has 146 valence electrons. The fourth-order valence-corrected chi connectivity index (χ4v) is 3.09. The second kappa shape index (κ2) is 7.67. The summed E-state index contributed by atoms with van der Waals surface area (Å²) in [6, 6.07) is 13.7. The van der Waals surface area contributed by atoms with Gasteiger partial charge >= 0.3 is 0 Å². The van der Waals surface area contributed by atoms with Crippen molar-refractivity contribution < 1.29 is 4.79 Å². The molecule has 8 nitrogen and oxygen atoms in total. The van der Waals surface area contributed by atoms with Crippen LogP contribution in [0.15, 0.2) is 48.8 Å². The van der Waals surface area contributed by atoms with Gasteiger partial charge in [0.15, 0.2) is 0 Å². The van der Waals surface area contributed by atoms with Gasteiger partial charge in [-0.05, 0) is 49.7 Å². The molecule has 0 saturated heterocycles. The molecule has 4 rings (SSSR count). The molecule has 2 aromatic carbocycles. The number of carbonyl (C=O) groups excluding carboxylic acids is 1. The van der Waals surface area contributed by atoms with E-state index < -0.39 is 0 Å². The Balaban J connectivity index is 1.53. The van der Waals surface area contributed by atoms with Crippen LogP contribution in [0.1, 0.15) is 18.2 Å². The van der Waals surface area contributed by atoms with Gasteiger partial charge in [-0.25, -0.2) is 9.97 Å². The molecule has 2 N–H and O–H groups in total. The predicted octanol–water partition coefficient (Wildman–Crippen LogP) is 3.70. The van der Waals surface area contributed by atoms with Crippen molar-refractivity contribution >= 4 is 40.0 Å². The number of fused-ring (bicyclic) bond motifs is 1. The number of ketones is 1. The molecule has 2 heterocycles. The lowest BCUT2D eigenvalue weighted by Crippen LogP contribution is -2.14. The molecular formula is C21H21N7O. The molecule has 0 saturated carbocycles. The summed E-state index contributed by atoms with van der Waals surface area (Å²) < 4.78 is 0. The largest absolute Gasteiger partial charge is 0.324 e. The van der Waals surface area contributed by atoms with Crippen LogP contribution in [-0.2, 0) is 11.2 Å². The van der Waals surface area contributed by atoms with Gasteiger partial charge in [-0.2, -0.15) is 10.1 Å². The van der Waals surface area contributed by atoms with Gasteiger partial charge in [0.25, 0.3) is 0 Å². The first-order chi connectivity index (χ1) is 14.0. The van der Waals surface area contributed by atoms with Gasteiger partial charge in [-0.3, -0.25) is 9.89 Å². The third kappa shape index (κ3) is 4.06. The van der Waals surface area contributed by atoms with Crippen LogP contribution in [0.2, 0.25) is 0 Å². The quantitative estimate of drug-likeness (QED) is 0.520.